The van der Waals surface area contributed by atoms with Gasteiger partial charge in [-0.05, 0) is 49.1 Å². The van der Waals surface area contributed by atoms with Crippen molar-refractivity contribution in [1.29, 1.82) is 0 Å². The Hall–Kier alpha value is -0.600. The van der Waals surface area contributed by atoms with Crippen LogP contribution in [0.5, 0.6) is 0 Å². The van der Waals surface area contributed by atoms with E-state index in [1.807, 2.05) is 0 Å². The van der Waals surface area contributed by atoms with E-state index in [4.69, 9.17) is 17.3 Å². The number of hydrogen-bond acceptors (Lipinski definition) is 1. The van der Waals surface area contributed by atoms with Crippen molar-refractivity contribution in [3.05, 3.63) is 34.6 Å². The van der Waals surface area contributed by atoms with Crippen LogP contribution in [0.1, 0.15) is 44.7 Å². The molecule has 3 atom stereocenters. The molecular weight excluding hydrogens is 249 g/mol. The largest absolute Gasteiger partial charge is 0.324 e. The molecule has 1 aromatic carbocycles. The van der Waals surface area contributed by atoms with E-state index >= 15 is 0 Å². The van der Waals surface area contributed by atoms with Crippen LogP contribution in [-0.2, 0) is 0 Å². The molecule has 0 heterocycles. The minimum Gasteiger partial charge on any atom is -0.324 e. The number of nitrogens with two attached hydrogens (primary N) is 1. The molecule has 0 bridgehead atoms. The van der Waals surface area contributed by atoms with E-state index in [1.165, 1.54) is 12.5 Å². The third-order valence-corrected chi connectivity index (χ3v) is 4.28. The monoisotopic (exact) mass is 269 g/mol. The SMILES string of the molecule is CC1CC(C)CC(C(N)c2ccc(Cl)cc2F)C1. The van der Waals surface area contributed by atoms with Gasteiger partial charge in [0.2, 0.25) is 0 Å². The second kappa shape index (κ2) is 5.58. The molecule has 2 N–H and O–H groups in total. The van der Waals surface area contributed by atoms with E-state index in [2.05, 4.69) is 13.8 Å². The van der Waals surface area contributed by atoms with E-state index in [-0.39, 0.29) is 11.9 Å². The topological polar surface area (TPSA) is 26.0 Å². The highest BCUT2D eigenvalue weighted by molar-refractivity contribution is 6.30. The molecular formula is C15H21ClFN. The lowest BCUT2D eigenvalue weighted by Gasteiger charge is -2.35. The van der Waals surface area contributed by atoms with Crippen LogP contribution >= 0.6 is 11.6 Å². The van der Waals surface area contributed by atoms with E-state index in [9.17, 15) is 4.39 Å². The van der Waals surface area contributed by atoms with Crippen LogP contribution in [0.25, 0.3) is 0 Å². The van der Waals surface area contributed by atoms with Crippen molar-refractivity contribution in [2.24, 2.45) is 23.5 Å². The molecule has 0 aliphatic heterocycles. The molecule has 1 aliphatic rings. The Balaban J connectivity index is 2.17. The lowest BCUT2D eigenvalue weighted by Crippen LogP contribution is -2.29. The molecule has 1 aromatic rings. The molecule has 0 aromatic heterocycles. The normalized spacial score (nSPS) is 30.2. The second-order valence-corrected chi connectivity index (χ2v) is 6.31. The zero-order valence-corrected chi connectivity index (χ0v) is 11.8. The first-order chi connectivity index (χ1) is 8.47. The summed E-state index contributed by atoms with van der Waals surface area (Å²) < 4.78 is 13.9. The summed E-state index contributed by atoms with van der Waals surface area (Å²) in [5.41, 5.74) is 6.86. The van der Waals surface area contributed by atoms with Crippen molar-refractivity contribution in [1.82, 2.24) is 0 Å². The molecule has 0 radical (unpaired) electrons. The third kappa shape index (κ3) is 3.04. The Morgan fingerprint density at radius 2 is 1.83 bits per heavy atom. The molecule has 0 spiro atoms. The predicted molar refractivity (Wildman–Crippen MR) is 74.0 cm³/mol. The first-order valence-corrected chi connectivity index (χ1v) is 7.05. The number of rotatable bonds is 2. The van der Waals surface area contributed by atoms with Crippen molar-refractivity contribution in [3.8, 4) is 0 Å². The highest BCUT2D eigenvalue weighted by Crippen LogP contribution is 2.39. The Morgan fingerprint density at radius 3 is 2.39 bits per heavy atom. The molecule has 0 saturated heterocycles. The Morgan fingerprint density at radius 1 is 1.22 bits per heavy atom. The van der Waals surface area contributed by atoms with Crippen LogP contribution in [-0.4, -0.2) is 0 Å². The lowest BCUT2D eigenvalue weighted by molar-refractivity contribution is 0.192. The van der Waals surface area contributed by atoms with Gasteiger partial charge in [0, 0.05) is 16.6 Å². The summed E-state index contributed by atoms with van der Waals surface area (Å²) in [6.45, 7) is 4.52. The molecule has 1 nitrogen and oxygen atoms in total. The number of halogens is 2. The molecule has 0 amide bonds. The molecule has 1 saturated carbocycles. The van der Waals surface area contributed by atoms with E-state index in [0.717, 1.165) is 12.8 Å². The summed E-state index contributed by atoms with van der Waals surface area (Å²) >= 11 is 5.77. The maximum Gasteiger partial charge on any atom is 0.129 e. The molecule has 2 rings (SSSR count). The predicted octanol–water partition coefficient (Wildman–Crippen LogP) is 4.55. The zero-order chi connectivity index (χ0) is 13.3. The van der Waals surface area contributed by atoms with Gasteiger partial charge in [-0.25, -0.2) is 4.39 Å². The van der Waals surface area contributed by atoms with E-state index < -0.39 is 0 Å². The van der Waals surface area contributed by atoms with Crippen LogP contribution in [0.2, 0.25) is 5.02 Å². The van der Waals surface area contributed by atoms with E-state index in [0.29, 0.717) is 28.3 Å². The molecule has 1 aliphatic carbocycles. The van der Waals surface area contributed by atoms with Gasteiger partial charge in [-0.15, -0.1) is 0 Å². The Kier molecular flexibility index (Phi) is 4.29. The highest BCUT2D eigenvalue weighted by Gasteiger charge is 2.30. The van der Waals surface area contributed by atoms with Crippen LogP contribution in [0, 0.1) is 23.6 Å². The summed E-state index contributed by atoms with van der Waals surface area (Å²) in [6, 6.07) is 4.58. The molecule has 3 heteroatoms. The maximum atomic E-state index is 13.9. The standard InChI is InChI=1S/C15H21ClFN/c1-9-5-10(2)7-11(6-9)15(18)13-4-3-12(16)8-14(13)17/h3-4,8-11,15H,5-7,18H2,1-2H3. The van der Waals surface area contributed by atoms with Gasteiger partial charge in [-0.3, -0.25) is 0 Å². The first kappa shape index (κ1) is 13.8. The number of benzene rings is 1. The first-order valence-electron chi connectivity index (χ1n) is 6.68. The van der Waals surface area contributed by atoms with Gasteiger partial charge in [0.15, 0.2) is 0 Å². The second-order valence-electron chi connectivity index (χ2n) is 5.87. The Bertz CT molecular complexity index is 411. The van der Waals surface area contributed by atoms with Gasteiger partial charge < -0.3 is 5.73 Å². The van der Waals surface area contributed by atoms with Gasteiger partial charge in [-0.1, -0.05) is 31.5 Å². The molecule has 100 valence electrons. The summed E-state index contributed by atoms with van der Waals surface area (Å²) in [7, 11) is 0. The summed E-state index contributed by atoms with van der Waals surface area (Å²) in [5.74, 6) is 1.46. The van der Waals surface area contributed by atoms with Gasteiger partial charge in [0.1, 0.15) is 5.82 Å². The van der Waals surface area contributed by atoms with Crippen molar-refractivity contribution in [2.75, 3.05) is 0 Å². The van der Waals surface area contributed by atoms with Crippen molar-refractivity contribution in [2.45, 2.75) is 39.2 Å². The lowest BCUT2D eigenvalue weighted by atomic mass is 9.72. The van der Waals surface area contributed by atoms with Crippen LogP contribution in [0.3, 0.4) is 0 Å². The van der Waals surface area contributed by atoms with Crippen molar-refractivity contribution >= 4 is 11.6 Å². The third-order valence-electron chi connectivity index (χ3n) is 4.04. The van der Waals surface area contributed by atoms with Gasteiger partial charge in [-0.2, -0.15) is 0 Å². The fraction of sp³-hybridized carbons (Fsp3) is 0.600. The van der Waals surface area contributed by atoms with Crippen molar-refractivity contribution in [3.63, 3.8) is 0 Å². The van der Waals surface area contributed by atoms with Gasteiger partial charge >= 0.3 is 0 Å². The molecule has 1 fully saturated rings. The van der Waals surface area contributed by atoms with Crippen molar-refractivity contribution < 1.29 is 4.39 Å². The average molecular weight is 270 g/mol. The number of hydrogen-bond donors (Lipinski definition) is 1. The van der Waals surface area contributed by atoms with Gasteiger partial charge in [0.05, 0.1) is 0 Å². The summed E-state index contributed by atoms with van der Waals surface area (Å²) in [6.07, 6.45) is 3.44. The highest BCUT2D eigenvalue weighted by atomic mass is 35.5. The van der Waals surface area contributed by atoms with Crippen LogP contribution < -0.4 is 5.73 Å². The van der Waals surface area contributed by atoms with Crippen LogP contribution in [0.15, 0.2) is 18.2 Å². The fourth-order valence-corrected chi connectivity index (χ4v) is 3.49. The van der Waals surface area contributed by atoms with Crippen LogP contribution in [0.4, 0.5) is 4.39 Å². The zero-order valence-electron chi connectivity index (χ0n) is 11.0. The minimum absolute atomic E-state index is 0.215. The average Bonchev–Trinajstić information content (AvgIpc) is 2.26. The van der Waals surface area contributed by atoms with E-state index in [1.54, 1.807) is 12.1 Å². The fourth-order valence-electron chi connectivity index (χ4n) is 3.33. The quantitative estimate of drug-likeness (QED) is 0.837. The smallest absolute Gasteiger partial charge is 0.129 e. The maximum absolute atomic E-state index is 13.9. The van der Waals surface area contributed by atoms with Gasteiger partial charge in [0.25, 0.3) is 0 Å². The minimum atomic E-state index is -0.277. The summed E-state index contributed by atoms with van der Waals surface area (Å²) in [4.78, 5) is 0. The molecule has 3 unspecified atom stereocenters. The summed E-state index contributed by atoms with van der Waals surface area (Å²) in [5, 5.41) is 0.425. The molecule has 18 heavy (non-hydrogen) atoms. The Labute approximate surface area is 114 Å².